The lowest BCUT2D eigenvalue weighted by atomic mass is 9.91. The van der Waals surface area contributed by atoms with E-state index in [2.05, 4.69) is 6.92 Å². The Morgan fingerprint density at radius 1 is 0.667 bits per heavy atom. The summed E-state index contributed by atoms with van der Waals surface area (Å²) in [6.07, 6.45) is 6.00. The fraction of sp³-hybridized carbons (Fsp3) is 0.760. The van der Waals surface area contributed by atoms with E-state index in [1.165, 1.54) is 0 Å². The molecule has 3 nitrogen and oxygen atoms in total. The monoisotopic (exact) mass is 482 g/mol. The molecule has 0 aromatic heterocycles. The van der Waals surface area contributed by atoms with Gasteiger partial charge in [0.25, 0.3) is 5.97 Å². The molecule has 0 saturated carbocycles. The van der Waals surface area contributed by atoms with E-state index in [4.69, 9.17) is 9.47 Å². The molecule has 0 aliphatic rings. The fourth-order valence-electron chi connectivity index (χ4n) is 3.97. The van der Waals surface area contributed by atoms with Gasteiger partial charge in [-0.05, 0) is 53.4 Å². The lowest BCUT2D eigenvalue weighted by Crippen LogP contribution is -2.47. The smallest absolute Gasteiger partial charge is 0.283 e. The third-order valence-corrected chi connectivity index (χ3v) is 5.51. The van der Waals surface area contributed by atoms with E-state index in [-0.39, 0.29) is 31.5 Å². The Balaban J connectivity index is 2.97. The van der Waals surface area contributed by atoms with E-state index in [1.54, 1.807) is 27.7 Å². The first-order valence-electron chi connectivity index (χ1n) is 12.0. The first-order chi connectivity index (χ1) is 15.4. The van der Waals surface area contributed by atoms with Crippen LogP contribution in [-0.4, -0.2) is 23.3 Å². The molecule has 8 heteroatoms. The molecule has 192 valence electrons. The van der Waals surface area contributed by atoms with Crippen LogP contribution in [0.4, 0.5) is 22.0 Å². The summed E-state index contributed by atoms with van der Waals surface area (Å²) in [5.41, 5.74) is -0.845. The average Bonchev–Trinajstić information content (AvgIpc) is 2.72. The molecule has 0 aliphatic heterocycles. The molecule has 0 amide bonds. The number of ether oxygens (including phenoxy) is 2. The number of hydrogen-bond acceptors (Lipinski definition) is 3. The van der Waals surface area contributed by atoms with Crippen LogP contribution in [0.2, 0.25) is 0 Å². The lowest BCUT2D eigenvalue weighted by Gasteiger charge is -2.38. The molecular weight excluding hydrogens is 443 g/mol. The van der Waals surface area contributed by atoms with Gasteiger partial charge in [0, 0.05) is 11.5 Å². The Hall–Kier alpha value is -1.25. The quantitative estimate of drug-likeness (QED) is 0.0868. The van der Waals surface area contributed by atoms with Gasteiger partial charge in [-0.25, -0.2) is 22.0 Å². The summed E-state index contributed by atoms with van der Waals surface area (Å²) in [6.45, 7) is 9.15. The van der Waals surface area contributed by atoms with Crippen molar-refractivity contribution >= 4 is 0 Å². The second-order valence-electron chi connectivity index (χ2n) is 9.16. The zero-order valence-electron chi connectivity index (χ0n) is 20.5. The third-order valence-electron chi connectivity index (χ3n) is 5.51. The number of unbranched alkanes of at least 4 members (excludes halogenated alkanes) is 5. The predicted octanol–water partition coefficient (Wildman–Crippen LogP) is 7.57. The fourth-order valence-corrected chi connectivity index (χ4v) is 3.97. The SMILES string of the molecule is CCCCCCCCC(CCCc1c(F)c(F)c(F)c(F)c1F)C(O)(OC(C)C)OC(C)C. The normalized spacial score (nSPS) is 13.4. The summed E-state index contributed by atoms with van der Waals surface area (Å²) in [6, 6.07) is 0. The van der Waals surface area contributed by atoms with Crippen molar-refractivity contribution in [1.29, 1.82) is 0 Å². The minimum absolute atomic E-state index is 0.0874. The Kier molecular flexibility index (Phi) is 12.8. The van der Waals surface area contributed by atoms with Gasteiger partial charge in [-0.15, -0.1) is 0 Å². The first-order valence-corrected chi connectivity index (χ1v) is 12.0. The highest BCUT2D eigenvalue weighted by Crippen LogP contribution is 2.34. The maximum Gasteiger partial charge on any atom is 0.283 e. The van der Waals surface area contributed by atoms with Gasteiger partial charge in [0.1, 0.15) is 0 Å². The molecule has 0 bridgehead atoms. The topological polar surface area (TPSA) is 38.7 Å². The summed E-state index contributed by atoms with van der Waals surface area (Å²) in [7, 11) is 0. The Morgan fingerprint density at radius 3 is 1.58 bits per heavy atom. The van der Waals surface area contributed by atoms with Gasteiger partial charge >= 0.3 is 0 Å². The molecule has 0 spiro atoms. The van der Waals surface area contributed by atoms with Crippen molar-refractivity contribution in [1.82, 2.24) is 0 Å². The maximum atomic E-state index is 14.0. The Labute approximate surface area is 194 Å². The summed E-state index contributed by atoms with van der Waals surface area (Å²) >= 11 is 0. The third kappa shape index (κ3) is 9.13. The number of benzene rings is 1. The standard InChI is InChI=1S/C25H39F5O3/c1-6-7-8-9-10-11-13-18(25(31,32-16(2)3)33-17(4)5)14-12-15-19-20(26)22(28)24(30)23(29)21(19)27/h16-18,31H,6-15H2,1-5H3. The van der Waals surface area contributed by atoms with Crippen molar-refractivity contribution in [3.63, 3.8) is 0 Å². The van der Waals surface area contributed by atoms with E-state index in [9.17, 15) is 27.1 Å². The highest BCUT2D eigenvalue weighted by atomic mass is 19.2. The van der Waals surface area contributed by atoms with E-state index < -0.39 is 46.5 Å². The summed E-state index contributed by atoms with van der Waals surface area (Å²) in [5, 5.41) is 11.2. The summed E-state index contributed by atoms with van der Waals surface area (Å²) < 4.78 is 79.9. The van der Waals surface area contributed by atoms with Gasteiger partial charge in [0.15, 0.2) is 23.3 Å². The molecule has 33 heavy (non-hydrogen) atoms. The number of hydrogen-bond donors (Lipinski definition) is 1. The molecule has 1 aromatic rings. The van der Waals surface area contributed by atoms with Crippen LogP contribution in [0.3, 0.4) is 0 Å². The van der Waals surface area contributed by atoms with Crippen LogP contribution in [0.5, 0.6) is 0 Å². The van der Waals surface area contributed by atoms with E-state index in [0.717, 1.165) is 38.5 Å². The largest absolute Gasteiger partial charge is 0.343 e. The Bertz CT molecular complexity index is 685. The summed E-state index contributed by atoms with van der Waals surface area (Å²) in [4.78, 5) is 0. The van der Waals surface area contributed by atoms with Crippen LogP contribution in [0.25, 0.3) is 0 Å². The molecule has 0 fully saturated rings. The van der Waals surface area contributed by atoms with Gasteiger partial charge < -0.3 is 14.6 Å². The lowest BCUT2D eigenvalue weighted by molar-refractivity contribution is -0.407. The van der Waals surface area contributed by atoms with Crippen LogP contribution in [-0.2, 0) is 15.9 Å². The van der Waals surface area contributed by atoms with Crippen LogP contribution in [0.1, 0.15) is 98.0 Å². The summed E-state index contributed by atoms with van der Waals surface area (Å²) in [5.74, 6) is -12.1. The van der Waals surface area contributed by atoms with Gasteiger partial charge in [0.2, 0.25) is 5.82 Å². The highest BCUT2D eigenvalue weighted by molar-refractivity contribution is 5.24. The molecule has 1 N–H and O–H groups in total. The minimum Gasteiger partial charge on any atom is -0.343 e. The first kappa shape index (κ1) is 29.8. The van der Waals surface area contributed by atoms with E-state index in [1.807, 2.05) is 0 Å². The number of rotatable bonds is 16. The van der Waals surface area contributed by atoms with Crippen molar-refractivity contribution < 1.29 is 36.5 Å². The van der Waals surface area contributed by atoms with Gasteiger partial charge in [-0.3, -0.25) is 0 Å². The Morgan fingerprint density at radius 2 is 1.09 bits per heavy atom. The predicted molar refractivity (Wildman–Crippen MR) is 118 cm³/mol. The maximum absolute atomic E-state index is 14.0. The van der Waals surface area contributed by atoms with Crippen LogP contribution in [0.15, 0.2) is 0 Å². The molecule has 1 unspecified atom stereocenters. The van der Waals surface area contributed by atoms with Crippen molar-refractivity contribution in [2.24, 2.45) is 5.92 Å². The molecule has 0 saturated heterocycles. The number of halogens is 5. The number of aliphatic hydroxyl groups is 1. The molecule has 1 rings (SSSR count). The van der Waals surface area contributed by atoms with E-state index in [0.29, 0.717) is 6.42 Å². The van der Waals surface area contributed by atoms with Gasteiger partial charge in [-0.1, -0.05) is 45.4 Å². The van der Waals surface area contributed by atoms with Crippen LogP contribution in [0, 0.1) is 35.0 Å². The second-order valence-corrected chi connectivity index (χ2v) is 9.16. The second kappa shape index (κ2) is 14.2. The molecular formula is C25H39F5O3. The van der Waals surface area contributed by atoms with E-state index >= 15 is 0 Å². The van der Waals surface area contributed by atoms with Gasteiger partial charge in [-0.2, -0.15) is 0 Å². The van der Waals surface area contributed by atoms with Crippen molar-refractivity contribution in [2.75, 3.05) is 0 Å². The van der Waals surface area contributed by atoms with Crippen molar-refractivity contribution in [2.45, 2.75) is 117 Å². The molecule has 0 aliphatic carbocycles. The van der Waals surface area contributed by atoms with Gasteiger partial charge in [0.05, 0.1) is 12.2 Å². The van der Waals surface area contributed by atoms with Crippen LogP contribution >= 0.6 is 0 Å². The van der Waals surface area contributed by atoms with Crippen molar-refractivity contribution in [3.05, 3.63) is 34.6 Å². The molecule has 0 radical (unpaired) electrons. The zero-order chi connectivity index (χ0) is 25.2. The average molecular weight is 483 g/mol. The van der Waals surface area contributed by atoms with Crippen LogP contribution < -0.4 is 0 Å². The van der Waals surface area contributed by atoms with Crippen molar-refractivity contribution in [3.8, 4) is 0 Å². The molecule has 0 heterocycles. The molecule has 1 atom stereocenters. The minimum atomic E-state index is -2.17. The zero-order valence-corrected chi connectivity index (χ0v) is 20.5. The molecule has 1 aromatic carbocycles. The highest BCUT2D eigenvalue weighted by Gasteiger charge is 2.40.